The van der Waals surface area contributed by atoms with Gasteiger partial charge in [-0.1, -0.05) is 39.7 Å². The Hall–Kier alpha value is -0.123. The van der Waals surface area contributed by atoms with Gasteiger partial charge in [0.1, 0.15) is 0 Å². The molecule has 0 heterocycles. The van der Waals surface area contributed by atoms with E-state index in [4.69, 9.17) is 8.85 Å². The molecule has 0 saturated carbocycles. The second-order valence-electron chi connectivity index (χ2n) is 3.91. The van der Waals surface area contributed by atoms with E-state index in [1.165, 1.54) is 12.8 Å². The summed E-state index contributed by atoms with van der Waals surface area (Å²) >= 11 is 0. The lowest BCUT2D eigenvalue weighted by Crippen LogP contribution is -2.27. The molecule has 3 heteroatoms. The Kier molecular flexibility index (Phi) is 10.3. The molecule has 0 amide bonds. The lowest BCUT2D eigenvalue weighted by molar-refractivity contribution is 0.188. The molecule has 0 aromatic rings. The van der Waals surface area contributed by atoms with E-state index in [0.717, 1.165) is 26.1 Å². The average Bonchev–Trinajstić information content (AvgIpc) is 2.26. The predicted molar refractivity (Wildman–Crippen MR) is 68.5 cm³/mol. The molecular formula is C12H26O2Si. The van der Waals surface area contributed by atoms with Crippen molar-refractivity contribution in [3.05, 3.63) is 12.7 Å². The van der Waals surface area contributed by atoms with Crippen molar-refractivity contribution in [1.82, 2.24) is 0 Å². The van der Waals surface area contributed by atoms with Gasteiger partial charge in [-0.25, -0.2) is 0 Å². The van der Waals surface area contributed by atoms with E-state index in [9.17, 15) is 0 Å². The molecule has 0 aliphatic carbocycles. The number of hydrogen-bond donors (Lipinski definition) is 0. The van der Waals surface area contributed by atoms with Crippen LogP contribution in [0.25, 0.3) is 0 Å². The molecule has 0 aliphatic heterocycles. The van der Waals surface area contributed by atoms with Crippen LogP contribution in [0.15, 0.2) is 12.7 Å². The summed E-state index contributed by atoms with van der Waals surface area (Å²) in [6.07, 6.45) is 6.57. The van der Waals surface area contributed by atoms with Gasteiger partial charge in [0.15, 0.2) is 0 Å². The quantitative estimate of drug-likeness (QED) is 0.325. The first-order valence-corrected chi connectivity index (χ1v) is 7.72. The SMILES string of the molecule is C=CC(C)[SiH](OCCCC)OCCCC. The number of unbranched alkanes of at least 4 members (excludes halogenated alkanes) is 2. The summed E-state index contributed by atoms with van der Waals surface area (Å²) in [5, 5.41) is 0. The largest absolute Gasteiger partial charge is 0.396 e. The van der Waals surface area contributed by atoms with Crippen LogP contribution in [0.2, 0.25) is 5.54 Å². The second kappa shape index (κ2) is 10.4. The van der Waals surface area contributed by atoms with Crippen molar-refractivity contribution in [2.75, 3.05) is 13.2 Å². The van der Waals surface area contributed by atoms with Crippen LogP contribution in [0.3, 0.4) is 0 Å². The minimum atomic E-state index is -1.51. The Labute approximate surface area is 96.5 Å². The Bertz CT molecular complexity index is 141. The second-order valence-corrected chi connectivity index (χ2v) is 6.37. The molecular weight excluding hydrogens is 204 g/mol. The van der Waals surface area contributed by atoms with Crippen LogP contribution in [0.1, 0.15) is 46.5 Å². The van der Waals surface area contributed by atoms with Crippen LogP contribution in [0.4, 0.5) is 0 Å². The number of allylic oxidation sites excluding steroid dienone is 1. The Morgan fingerprint density at radius 1 is 1.13 bits per heavy atom. The number of rotatable bonds is 10. The molecule has 2 nitrogen and oxygen atoms in total. The third-order valence-corrected chi connectivity index (χ3v) is 4.62. The highest BCUT2D eigenvalue weighted by Gasteiger charge is 2.19. The van der Waals surface area contributed by atoms with Gasteiger partial charge in [-0.15, -0.1) is 6.58 Å². The fraction of sp³-hybridized carbons (Fsp3) is 0.833. The molecule has 0 aromatic heterocycles. The zero-order chi connectivity index (χ0) is 11.5. The molecule has 0 N–H and O–H groups in total. The van der Waals surface area contributed by atoms with Gasteiger partial charge in [0, 0.05) is 18.8 Å². The van der Waals surface area contributed by atoms with Crippen molar-refractivity contribution in [2.45, 2.75) is 52.0 Å². The molecule has 0 rings (SSSR count). The van der Waals surface area contributed by atoms with Crippen molar-refractivity contribution in [2.24, 2.45) is 0 Å². The minimum Gasteiger partial charge on any atom is -0.396 e. The summed E-state index contributed by atoms with van der Waals surface area (Å²) in [5.74, 6) is 0. The molecule has 1 atom stereocenters. The third-order valence-electron chi connectivity index (χ3n) is 2.36. The topological polar surface area (TPSA) is 18.5 Å². The Balaban J connectivity index is 3.78. The Morgan fingerprint density at radius 2 is 1.60 bits per heavy atom. The van der Waals surface area contributed by atoms with Crippen molar-refractivity contribution in [3.63, 3.8) is 0 Å². The summed E-state index contributed by atoms with van der Waals surface area (Å²) in [6.45, 7) is 12.0. The van der Waals surface area contributed by atoms with Crippen molar-refractivity contribution >= 4 is 9.28 Å². The first-order valence-electron chi connectivity index (χ1n) is 6.12. The van der Waals surface area contributed by atoms with Crippen LogP contribution in [0, 0.1) is 0 Å². The highest BCUT2D eigenvalue weighted by Crippen LogP contribution is 2.13. The van der Waals surface area contributed by atoms with Gasteiger partial charge in [-0.2, -0.15) is 0 Å². The summed E-state index contributed by atoms with van der Waals surface area (Å²) in [6, 6.07) is 0. The van der Waals surface area contributed by atoms with Gasteiger partial charge in [0.25, 0.3) is 0 Å². The molecule has 1 unspecified atom stereocenters. The van der Waals surface area contributed by atoms with E-state index in [1.807, 2.05) is 6.08 Å². The normalized spacial score (nSPS) is 13.1. The van der Waals surface area contributed by atoms with Crippen molar-refractivity contribution < 1.29 is 8.85 Å². The lowest BCUT2D eigenvalue weighted by Gasteiger charge is -2.20. The molecule has 0 radical (unpaired) electrons. The monoisotopic (exact) mass is 230 g/mol. The van der Waals surface area contributed by atoms with Gasteiger partial charge >= 0.3 is 9.28 Å². The molecule has 0 fully saturated rings. The maximum Gasteiger partial charge on any atom is 0.328 e. The molecule has 90 valence electrons. The molecule has 0 saturated heterocycles. The summed E-state index contributed by atoms with van der Waals surface area (Å²) in [4.78, 5) is 0. The van der Waals surface area contributed by atoms with Gasteiger partial charge in [-0.3, -0.25) is 0 Å². The molecule has 0 bridgehead atoms. The standard InChI is InChI=1S/C12H26O2Si/c1-5-8-10-13-15(12(4)7-3)14-11-9-6-2/h7,12,15H,3,5-6,8-11H2,1-2,4H3. The third kappa shape index (κ3) is 7.77. The minimum absolute atomic E-state index is 0.402. The lowest BCUT2D eigenvalue weighted by atomic mass is 10.4. The van der Waals surface area contributed by atoms with E-state index < -0.39 is 9.28 Å². The highest BCUT2D eigenvalue weighted by molar-refractivity contribution is 6.46. The van der Waals surface area contributed by atoms with E-state index in [-0.39, 0.29) is 0 Å². The molecule has 0 aromatic carbocycles. The van der Waals surface area contributed by atoms with E-state index in [1.54, 1.807) is 0 Å². The van der Waals surface area contributed by atoms with Crippen molar-refractivity contribution in [3.8, 4) is 0 Å². The predicted octanol–water partition coefficient (Wildman–Crippen LogP) is 3.42. The van der Waals surface area contributed by atoms with Crippen LogP contribution in [0.5, 0.6) is 0 Å². The van der Waals surface area contributed by atoms with E-state index in [2.05, 4.69) is 27.4 Å². The zero-order valence-corrected chi connectivity index (χ0v) is 11.7. The summed E-state index contributed by atoms with van der Waals surface area (Å²) in [5.41, 5.74) is 0.402. The fourth-order valence-corrected chi connectivity index (χ4v) is 2.87. The first kappa shape index (κ1) is 14.9. The first-order chi connectivity index (χ1) is 7.26. The summed E-state index contributed by atoms with van der Waals surface area (Å²) < 4.78 is 11.7. The Morgan fingerprint density at radius 3 is 1.93 bits per heavy atom. The van der Waals surface area contributed by atoms with Gasteiger partial charge in [0.05, 0.1) is 0 Å². The zero-order valence-electron chi connectivity index (χ0n) is 10.5. The van der Waals surface area contributed by atoms with Crippen LogP contribution in [-0.2, 0) is 8.85 Å². The average molecular weight is 230 g/mol. The van der Waals surface area contributed by atoms with E-state index >= 15 is 0 Å². The fourth-order valence-electron chi connectivity index (χ4n) is 1.15. The molecule has 0 spiro atoms. The van der Waals surface area contributed by atoms with Crippen LogP contribution >= 0.6 is 0 Å². The maximum absolute atomic E-state index is 5.83. The smallest absolute Gasteiger partial charge is 0.328 e. The van der Waals surface area contributed by atoms with Gasteiger partial charge in [-0.05, 0) is 12.8 Å². The summed E-state index contributed by atoms with van der Waals surface area (Å²) in [7, 11) is -1.51. The molecule has 15 heavy (non-hydrogen) atoms. The molecule has 0 aliphatic rings. The van der Waals surface area contributed by atoms with Gasteiger partial charge in [0.2, 0.25) is 0 Å². The highest BCUT2D eigenvalue weighted by atomic mass is 28.3. The maximum atomic E-state index is 5.83. The van der Waals surface area contributed by atoms with E-state index in [0.29, 0.717) is 5.54 Å². The van der Waals surface area contributed by atoms with Crippen LogP contribution in [-0.4, -0.2) is 22.5 Å². The van der Waals surface area contributed by atoms with Crippen molar-refractivity contribution in [1.29, 1.82) is 0 Å². The number of hydrogen-bond acceptors (Lipinski definition) is 2. The van der Waals surface area contributed by atoms with Crippen LogP contribution < -0.4 is 0 Å². The van der Waals surface area contributed by atoms with Gasteiger partial charge < -0.3 is 8.85 Å².